The quantitative estimate of drug-likeness (QED) is 0.729. The molecule has 0 unspecified atom stereocenters. The van der Waals surface area contributed by atoms with Crippen LogP contribution in [0, 0.1) is 6.92 Å². The SMILES string of the molecule is CCOC(=O)CN(C)C(=O)COc1ccccc1C. The first-order chi connectivity index (χ1) is 9.04. The summed E-state index contributed by atoms with van der Waals surface area (Å²) in [6.45, 7) is 3.77. The van der Waals surface area contributed by atoms with E-state index in [2.05, 4.69) is 0 Å². The lowest BCUT2D eigenvalue weighted by molar-refractivity contribution is -0.148. The van der Waals surface area contributed by atoms with Gasteiger partial charge in [-0.3, -0.25) is 9.59 Å². The van der Waals surface area contributed by atoms with Crippen LogP contribution in [-0.2, 0) is 14.3 Å². The molecule has 0 aliphatic carbocycles. The maximum Gasteiger partial charge on any atom is 0.325 e. The number of rotatable bonds is 6. The molecule has 1 amide bonds. The summed E-state index contributed by atoms with van der Waals surface area (Å²) in [5.74, 6) is -0.0223. The third-order valence-corrected chi connectivity index (χ3v) is 2.54. The lowest BCUT2D eigenvalue weighted by atomic mass is 10.2. The third kappa shape index (κ3) is 4.99. The Morgan fingerprint density at radius 2 is 1.95 bits per heavy atom. The molecule has 0 fully saturated rings. The van der Waals surface area contributed by atoms with E-state index in [0.29, 0.717) is 12.4 Å². The Balaban J connectivity index is 2.43. The van der Waals surface area contributed by atoms with Crippen molar-refractivity contribution in [3.8, 4) is 5.75 Å². The molecule has 1 aromatic carbocycles. The molecule has 1 rings (SSSR count). The van der Waals surface area contributed by atoms with Crippen LogP contribution in [0.15, 0.2) is 24.3 Å². The second kappa shape index (κ2) is 7.41. The van der Waals surface area contributed by atoms with Gasteiger partial charge in [-0.05, 0) is 25.5 Å². The van der Waals surface area contributed by atoms with Gasteiger partial charge in [0.1, 0.15) is 12.3 Å². The Morgan fingerprint density at radius 3 is 2.58 bits per heavy atom. The molecule has 0 atom stereocenters. The number of benzene rings is 1. The molecule has 0 heterocycles. The first kappa shape index (κ1) is 15.0. The topological polar surface area (TPSA) is 55.8 Å². The molecular formula is C14H19NO4. The molecule has 0 bridgehead atoms. The Kier molecular flexibility index (Phi) is 5.85. The molecule has 0 saturated heterocycles. The van der Waals surface area contributed by atoms with Crippen LogP contribution in [-0.4, -0.2) is 43.6 Å². The minimum atomic E-state index is -0.422. The zero-order valence-electron chi connectivity index (χ0n) is 11.5. The molecule has 19 heavy (non-hydrogen) atoms. The molecule has 0 spiro atoms. The number of aryl methyl sites for hydroxylation is 1. The van der Waals surface area contributed by atoms with Gasteiger partial charge in [-0.1, -0.05) is 18.2 Å². The Bertz CT molecular complexity index is 445. The van der Waals surface area contributed by atoms with Crippen LogP contribution in [0.2, 0.25) is 0 Å². The summed E-state index contributed by atoms with van der Waals surface area (Å²) in [7, 11) is 1.54. The number of carbonyl (C=O) groups excluding carboxylic acids is 2. The summed E-state index contributed by atoms with van der Waals surface area (Å²) >= 11 is 0. The largest absolute Gasteiger partial charge is 0.484 e. The fourth-order valence-corrected chi connectivity index (χ4v) is 1.46. The number of esters is 1. The van der Waals surface area contributed by atoms with Gasteiger partial charge in [0.2, 0.25) is 0 Å². The number of ether oxygens (including phenoxy) is 2. The van der Waals surface area contributed by atoms with Crippen LogP contribution in [0.1, 0.15) is 12.5 Å². The minimum absolute atomic E-state index is 0.0657. The first-order valence-corrected chi connectivity index (χ1v) is 6.12. The van der Waals surface area contributed by atoms with E-state index in [4.69, 9.17) is 9.47 Å². The summed E-state index contributed by atoms with van der Waals surface area (Å²) in [6, 6.07) is 7.45. The van der Waals surface area contributed by atoms with E-state index in [9.17, 15) is 9.59 Å². The Hall–Kier alpha value is -2.04. The molecule has 5 nitrogen and oxygen atoms in total. The maximum atomic E-state index is 11.8. The van der Waals surface area contributed by atoms with Gasteiger partial charge in [0.05, 0.1) is 6.61 Å². The summed E-state index contributed by atoms with van der Waals surface area (Å²) < 4.78 is 10.2. The van der Waals surface area contributed by atoms with Crippen LogP contribution >= 0.6 is 0 Å². The van der Waals surface area contributed by atoms with Crippen molar-refractivity contribution in [3.05, 3.63) is 29.8 Å². The standard InChI is InChI=1S/C14H19NO4/c1-4-18-14(17)9-15(3)13(16)10-19-12-8-6-5-7-11(12)2/h5-8H,4,9-10H2,1-3H3. The molecule has 104 valence electrons. The highest BCUT2D eigenvalue weighted by Crippen LogP contribution is 2.15. The van der Waals surface area contributed by atoms with Crippen LogP contribution < -0.4 is 4.74 Å². The third-order valence-electron chi connectivity index (χ3n) is 2.54. The molecule has 0 saturated carbocycles. The number of hydrogen-bond donors (Lipinski definition) is 0. The average molecular weight is 265 g/mol. The predicted molar refractivity (Wildman–Crippen MR) is 70.9 cm³/mol. The van der Waals surface area contributed by atoms with Gasteiger partial charge in [-0.15, -0.1) is 0 Å². The van der Waals surface area contributed by atoms with Crippen LogP contribution in [0.3, 0.4) is 0 Å². The van der Waals surface area contributed by atoms with Gasteiger partial charge < -0.3 is 14.4 Å². The molecule has 0 aliphatic heterocycles. The van der Waals surface area contributed by atoms with Gasteiger partial charge in [0, 0.05) is 7.05 Å². The van der Waals surface area contributed by atoms with Crippen molar-refractivity contribution in [1.29, 1.82) is 0 Å². The van der Waals surface area contributed by atoms with Gasteiger partial charge in [-0.25, -0.2) is 0 Å². The highest BCUT2D eigenvalue weighted by atomic mass is 16.5. The smallest absolute Gasteiger partial charge is 0.325 e. The van der Waals surface area contributed by atoms with Crippen LogP contribution in [0.25, 0.3) is 0 Å². The van der Waals surface area contributed by atoms with Crippen molar-refractivity contribution in [1.82, 2.24) is 4.90 Å². The van der Waals surface area contributed by atoms with Gasteiger partial charge >= 0.3 is 5.97 Å². The lowest BCUT2D eigenvalue weighted by Gasteiger charge is -2.16. The molecule has 0 aliphatic rings. The van der Waals surface area contributed by atoms with Crippen molar-refractivity contribution in [2.24, 2.45) is 0 Å². The summed E-state index contributed by atoms with van der Waals surface area (Å²) in [4.78, 5) is 24.3. The van der Waals surface area contributed by atoms with E-state index in [1.165, 1.54) is 4.90 Å². The van der Waals surface area contributed by atoms with Gasteiger partial charge in [-0.2, -0.15) is 0 Å². The molecule has 1 aromatic rings. The van der Waals surface area contributed by atoms with E-state index < -0.39 is 5.97 Å². The van der Waals surface area contributed by atoms with Gasteiger partial charge in [0.25, 0.3) is 5.91 Å². The fourth-order valence-electron chi connectivity index (χ4n) is 1.46. The number of nitrogens with zero attached hydrogens (tertiary/aromatic N) is 1. The molecule has 0 radical (unpaired) electrons. The van der Waals surface area contributed by atoms with E-state index in [1.807, 2.05) is 25.1 Å². The summed E-state index contributed by atoms with van der Waals surface area (Å²) in [6.07, 6.45) is 0. The number of amides is 1. The van der Waals surface area contributed by atoms with E-state index >= 15 is 0 Å². The van der Waals surface area contributed by atoms with Crippen molar-refractivity contribution in [2.75, 3.05) is 26.8 Å². The van der Waals surface area contributed by atoms with Crippen LogP contribution in [0.5, 0.6) is 5.75 Å². The normalized spacial score (nSPS) is 9.84. The van der Waals surface area contributed by atoms with Crippen molar-refractivity contribution in [3.63, 3.8) is 0 Å². The first-order valence-electron chi connectivity index (χ1n) is 6.12. The highest BCUT2D eigenvalue weighted by Gasteiger charge is 2.14. The zero-order chi connectivity index (χ0) is 14.3. The maximum absolute atomic E-state index is 11.8. The second-order valence-corrected chi connectivity index (χ2v) is 4.11. The predicted octanol–water partition coefficient (Wildman–Crippen LogP) is 1.40. The molecule has 0 aromatic heterocycles. The minimum Gasteiger partial charge on any atom is -0.484 e. The summed E-state index contributed by atoms with van der Waals surface area (Å²) in [5.41, 5.74) is 0.961. The Morgan fingerprint density at radius 1 is 1.26 bits per heavy atom. The molecular weight excluding hydrogens is 246 g/mol. The lowest BCUT2D eigenvalue weighted by Crippen LogP contribution is -2.36. The summed E-state index contributed by atoms with van der Waals surface area (Å²) in [5, 5.41) is 0. The fraction of sp³-hybridized carbons (Fsp3) is 0.429. The van der Waals surface area contributed by atoms with Crippen molar-refractivity contribution < 1.29 is 19.1 Å². The van der Waals surface area contributed by atoms with E-state index in [-0.39, 0.29) is 19.1 Å². The van der Waals surface area contributed by atoms with Crippen molar-refractivity contribution in [2.45, 2.75) is 13.8 Å². The zero-order valence-corrected chi connectivity index (χ0v) is 11.5. The number of hydrogen-bond acceptors (Lipinski definition) is 4. The second-order valence-electron chi connectivity index (χ2n) is 4.11. The molecule has 0 N–H and O–H groups in total. The number of likely N-dealkylation sites (N-methyl/N-ethyl adjacent to an activating group) is 1. The Labute approximate surface area is 113 Å². The highest BCUT2D eigenvalue weighted by molar-refractivity contribution is 5.82. The van der Waals surface area contributed by atoms with Gasteiger partial charge in [0.15, 0.2) is 6.61 Å². The number of carbonyl (C=O) groups is 2. The van der Waals surface area contributed by atoms with E-state index in [1.54, 1.807) is 20.0 Å². The monoisotopic (exact) mass is 265 g/mol. The molecule has 5 heteroatoms. The number of para-hydroxylation sites is 1. The van der Waals surface area contributed by atoms with Crippen LogP contribution in [0.4, 0.5) is 0 Å². The average Bonchev–Trinajstić information content (AvgIpc) is 2.37. The van der Waals surface area contributed by atoms with Crippen molar-refractivity contribution >= 4 is 11.9 Å². The van der Waals surface area contributed by atoms with E-state index in [0.717, 1.165) is 5.56 Å².